The van der Waals surface area contributed by atoms with Gasteiger partial charge in [0.2, 0.25) is 0 Å². The summed E-state index contributed by atoms with van der Waals surface area (Å²) in [6, 6.07) is 10.2. The maximum atomic E-state index is 5.74. The maximum absolute atomic E-state index is 5.74. The van der Waals surface area contributed by atoms with E-state index in [1.807, 2.05) is 24.3 Å². The van der Waals surface area contributed by atoms with E-state index in [0.717, 1.165) is 17.2 Å². The van der Waals surface area contributed by atoms with Crippen LogP contribution in [0.25, 0.3) is 6.08 Å². The largest absolute Gasteiger partial charge is 0.445 e. The van der Waals surface area contributed by atoms with Crippen LogP contribution in [-0.2, 0) is 4.74 Å². The molecule has 2 nitrogen and oxygen atoms in total. The van der Waals surface area contributed by atoms with Gasteiger partial charge in [0, 0.05) is 5.41 Å². The average molecular weight is 215 g/mol. The second-order valence-electron chi connectivity index (χ2n) is 4.99. The summed E-state index contributed by atoms with van der Waals surface area (Å²) in [6.07, 6.45) is 2.04. The van der Waals surface area contributed by atoms with Crippen LogP contribution in [-0.4, -0.2) is 12.4 Å². The van der Waals surface area contributed by atoms with Crippen LogP contribution in [0.15, 0.2) is 41.1 Å². The van der Waals surface area contributed by atoms with Crippen molar-refractivity contribution in [1.29, 1.82) is 0 Å². The number of aliphatic imine (C=N–C) groups is 1. The van der Waals surface area contributed by atoms with E-state index >= 15 is 0 Å². The minimum atomic E-state index is -0.00766. The van der Waals surface area contributed by atoms with Crippen LogP contribution in [0.5, 0.6) is 0 Å². The normalized spacial score (nSPS) is 18.4. The molecular weight excluding hydrogens is 198 g/mol. The Morgan fingerprint density at radius 2 is 1.88 bits per heavy atom. The Morgan fingerprint density at radius 3 is 2.44 bits per heavy atom. The van der Waals surface area contributed by atoms with Gasteiger partial charge in [0.1, 0.15) is 12.3 Å². The molecule has 1 aromatic rings. The summed E-state index contributed by atoms with van der Waals surface area (Å²) in [5.74, 6) is 1.76. The minimum Gasteiger partial charge on any atom is -0.445 e. The van der Waals surface area contributed by atoms with E-state index in [4.69, 9.17) is 4.74 Å². The summed E-state index contributed by atoms with van der Waals surface area (Å²) in [6.45, 7) is 6.98. The van der Waals surface area contributed by atoms with Crippen molar-refractivity contribution in [2.45, 2.75) is 20.8 Å². The first kappa shape index (κ1) is 10.9. The lowest BCUT2D eigenvalue weighted by molar-refractivity contribution is 0.373. The van der Waals surface area contributed by atoms with Gasteiger partial charge in [-0.15, -0.1) is 0 Å². The van der Waals surface area contributed by atoms with E-state index in [1.54, 1.807) is 0 Å². The first-order valence-electron chi connectivity index (χ1n) is 5.54. The highest BCUT2D eigenvalue weighted by molar-refractivity contribution is 5.85. The molecule has 0 saturated heterocycles. The predicted molar refractivity (Wildman–Crippen MR) is 67.3 cm³/mol. The summed E-state index contributed by atoms with van der Waals surface area (Å²) >= 11 is 0. The van der Waals surface area contributed by atoms with E-state index < -0.39 is 0 Å². The molecule has 0 saturated carbocycles. The number of benzene rings is 1. The molecule has 0 radical (unpaired) electrons. The Morgan fingerprint density at radius 1 is 1.19 bits per heavy atom. The fourth-order valence-electron chi connectivity index (χ4n) is 1.54. The van der Waals surface area contributed by atoms with Crippen LogP contribution in [0.2, 0.25) is 0 Å². The molecule has 0 fully saturated rings. The zero-order valence-electron chi connectivity index (χ0n) is 10.0. The standard InChI is InChI=1S/C14H17NO/c1-14(2,3)13-15-10-12(16-13)9-11-7-5-4-6-8-11/h4-9H,10H2,1-3H3/b12-9-. The molecule has 0 aromatic heterocycles. The zero-order valence-corrected chi connectivity index (χ0v) is 10.0. The molecule has 1 heterocycles. The highest BCUT2D eigenvalue weighted by atomic mass is 16.5. The molecule has 0 N–H and O–H groups in total. The van der Waals surface area contributed by atoms with Crippen LogP contribution < -0.4 is 0 Å². The van der Waals surface area contributed by atoms with Gasteiger partial charge in [-0.2, -0.15) is 0 Å². The molecule has 0 spiro atoms. The lowest BCUT2D eigenvalue weighted by atomic mass is 9.97. The van der Waals surface area contributed by atoms with Crippen molar-refractivity contribution in [3.05, 3.63) is 41.7 Å². The highest BCUT2D eigenvalue weighted by Crippen LogP contribution is 2.24. The Labute approximate surface area is 96.7 Å². The third-order valence-electron chi connectivity index (χ3n) is 2.38. The Hall–Kier alpha value is -1.57. The van der Waals surface area contributed by atoms with Gasteiger partial charge in [-0.1, -0.05) is 51.1 Å². The summed E-state index contributed by atoms with van der Waals surface area (Å²) in [7, 11) is 0. The number of rotatable bonds is 1. The molecule has 0 bridgehead atoms. The Balaban J connectivity index is 2.10. The Kier molecular flexibility index (Phi) is 2.82. The SMILES string of the molecule is CC(C)(C)C1=NC/C(=C/c2ccccc2)O1. The fourth-order valence-corrected chi connectivity index (χ4v) is 1.54. The van der Waals surface area contributed by atoms with Crippen molar-refractivity contribution in [2.75, 3.05) is 6.54 Å². The van der Waals surface area contributed by atoms with Crippen LogP contribution in [0.1, 0.15) is 26.3 Å². The van der Waals surface area contributed by atoms with E-state index in [0.29, 0.717) is 6.54 Å². The second-order valence-corrected chi connectivity index (χ2v) is 4.99. The number of ether oxygens (including phenoxy) is 1. The first-order chi connectivity index (χ1) is 7.55. The summed E-state index contributed by atoms with van der Waals surface area (Å²) in [4.78, 5) is 4.41. The van der Waals surface area contributed by atoms with Gasteiger partial charge in [-0.05, 0) is 11.6 Å². The number of nitrogens with zero attached hydrogens (tertiary/aromatic N) is 1. The van der Waals surface area contributed by atoms with Gasteiger partial charge in [-0.25, -0.2) is 4.99 Å². The quantitative estimate of drug-likeness (QED) is 0.702. The molecule has 1 aliphatic rings. The molecule has 16 heavy (non-hydrogen) atoms. The van der Waals surface area contributed by atoms with Crippen molar-refractivity contribution in [1.82, 2.24) is 0 Å². The molecule has 2 rings (SSSR count). The molecule has 84 valence electrons. The van der Waals surface area contributed by atoms with Gasteiger partial charge in [-0.3, -0.25) is 0 Å². The van der Waals surface area contributed by atoms with Crippen molar-refractivity contribution >= 4 is 12.0 Å². The molecule has 1 aliphatic heterocycles. The van der Waals surface area contributed by atoms with Gasteiger partial charge < -0.3 is 4.74 Å². The van der Waals surface area contributed by atoms with E-state index in [1.165, 1.54) is 0 Å². The second kappa shape index (κ2) is 4.12. The molecule has 0 amide bonds. The molecular formula is C14H17NO. The van der Waals surface area contributed by atoms with E-state index in [2.05, 4.69) is 37.9 Å². The molecule has 1 aromatic carbocycles. The van der Waals surface area contributed by atoms with Gasteiger partial charge >= 0.3 is 0 Å². The van der Waals surface area contributed by atoms with Crippen LogP contribution in [0, 0.1) is 5.41 Å². The smallest absolute Gasteiger partial charge is 0.195 e. The average Bonchev–Trinajstić information content (AvgIpc) is 2.67. The first-order valence-corrected chi connectivity index (χ1v) is 5.54. The van der Waals surface area contributed by atoms with E-state index in [-0.39, 0.29) is 5.41 Å². The minimum absolute atomic E-state index is 0.00766. The topological polar surface area (TPSA) is 21.6 Å². The lowest BCUT2D eigenvalue weighted by Gasteiger charge is -2.17. The monoisotopic (exact) mass is 215 g/mol. The lowest BCUT2D eigenvalue weighted by Crippen LogP contribution is -2.19. The Bertz CT molecular complexity index is 424. The summed E-state index contributed by atoms with van der Waals surface area (Å²) in [5.41, 5.74) is 1.15. The van der Waals surface area contributed by atoms with Gasteiger partial charge in [0.05, 0.1) is 0 Å². The van der Waals surface area contributed by atoms with Crippen LogP contribution in [0.4, 0.5) is 0 Å². The number of hydrogen-bond donors (Lipinski definition) is 0. The van der Waals surface area contributed by atoms with Crippen LogP contribution in [0.3, 0.4) is 0 Å². The van der Waals surface area contributed by atoms with Crippen molar-refractivity contribution in [3.8, 4) is 0 Å². The van der Waals surface area contributed by atoms with Gasteiger partial charge in [0.15, 0.2) is 5.90 Å². The van der Waals surface area contributed by atoms with E-state index in [9.17, 15) is 0 Å². The highest BCUT2D eigenvalue weighted by Gasteiger charge is 2.25. The maximum Gasteiger partial charge on any atom is 0.195 e. The fraction of sp³-hybridized carbons (Fsp3) is 0.357. The van der Waals surface area contributed by atoms with Crippen molar-refractivity contribution < 1.29 is 4.74 Å². The van der Waals surface area contributed by atoms with Crippen molar-refractivity contribution in [2.24, 2.45) is 10.4 Å². The predicted octanol–water partition coefficient (Wildman–Crippen LogP) is 3.50. The molecule has 0 unspecified atom stereocenters. The zero-order chi connectivity index (χ0) is 11.6. The van der Waals surface area contributed by atoms with Crippen molar-refractivity contribution in [3.63, 3.8) is 0 Å². The summed E-state index contributed by atoms with van der Waals surface area (Å²) < 4.78 is 5.74. The molecule has 2 heteroatoms. The molecule has 0 aliphatic carbocycles. The summed E-state index contributed by atoms with van der Waals surface area (Å²) in [5, 5.41) is 0. The van der Waals surface area contributed by atoms with Crippen LogP contribution >= 0.6 is 0 Å². The number of hydrogen-bond acceptors (Lipinski definition) is 2. The third-order valence-corrected chi connectivity index (χ3v) is 2.38. The third kappa shape index (κ3) is 2.51. The molecule has 0 atom stereocenters. The van der Waals surface area contributed by atoms with Gasteiger partial charge in [0.25, 0.3) is 0 Å².